The molecule has 0 aliphatic carbocycles. The highest BCUT2D eigenvalue weighted by Crippen LogP contribution is 2.27. The summed E-state index contributed by atoms with van der Waals surface area (Å²) in [5.41, 5.74) is 1.78. The molecule has 2 aromatic rings. The van der Waals surface area contributed by atoms with Gasteiger partial charge in [0, 0.05) is 28.7 Å². The SMILES string of the molecule is CC(C)CNC(=O)[C@H](C)N(Cc1c(Cl)cccc1Cl)C(=O)COc1ccc(C(C)C)cc1. The Bertz CT molecular complexity index is 894. The highest BCUT2D eigenvalue weighted by Gasteiger charge is 2.28. The Kier molecular flexibility index (Phi) is 9.85. The van der Waals surface area contributed by atoms with Crippen LogP contribution in [0.2, 0.25) is 10.0 Å². The molecule has 0 fully saturated rings. The molecular formula is C25H32Cl2N2O3. The lowest BCUT2D eigenvalue weighted by Crippen LogP contribution is -2.49. The van der Waals surface area contributed by atoms with Crippen LogP contribution in [-0.2, 0) is 16.1 Å². The molecular weight excluding hydrogens is 447 g/mol. The Morgan fingerprint density at radius 2 is 1.56 bits per heavy atom. The van der Waals surface area contributed by atoms with E-state index in [-0.39, 0.29) is 25.0 Å². The Hall–Kier alpha value is -2.24. The lowest BCUT2D eigenvalue weighted by molar-refractivity contribution is -0.142. The second kappa shape index (κ2) is 12.1. The van der Waals surface area contributed by atoms with Crippen LogP contribution in [0.25, 0.3) is 0 Å². The molecule has 0 unspecified atom stereocenters. The fraction of sp³-hybridized carbons (Fsp3) is 0.440. The number of rotatable bonds is 10. The van der Waals surface area contributed by atoms with Crippen LogP contribution in [0.5, 0.6) is 5.75 Å². The summed E-state index contributed by atoms with van der Waals surface area (Å²) >= 11 is 12.6. The van der Waals surface area contributed by atoms with Crippen molar-refractivity contribution in [2.24, 2.45) is 5.92 Å². The number of halogens is 2. The minimum atomic E-state index is -0.722. The van der Waals surface area contributed by atoms with Gasteiger partial charge in [0.05, 0.1) is 0 Å². The van der Waals surface area contributed by atoms with E-state index in [0.717, 1.165) is 0 Å². The first-order chi connectivity index (χ1) is 15.1. The van der Waals surface area contributed by atoms with E-state index in [9.17, 15) is 9.59 Å². The number of carbonyl (C=O) groups excluding carboxylic acids is 2. The van der Waals surface area contributed by atoms with E-state index < -0.39 is 6.04 Å². The molecule has 0 bridgehead atoms. The molecule has 0 saturated heterocycles. The van der Waals surface area contributed by atoms with Gasteiger partial charge in [0.15, 0.2) is 6.61 Å². The predicted octanol–water partition coefficient (Wildman–Crippen LogP) is 5.69. The number of hydrogen-bond donors (Lipinski definition) is 1. The molecule has 0 aliphatic rings. The third-order valence-corrected chi connectivity index (χ3v) is 5.86. The van der Waals surface area contributed by atoms with Gasteiger partial charge in [-0.05, 0) is 48.6 Å². The number of carbonyl (C=O) groups is 2. The van der Waals surface area contributed by atoms with Crippen molar-refractivity contribution in [2.75, 3.05) is 13.2 Å². The van der Waals surface area contributed by atoms with Crippen molar-refractivity contribution in [1.29, 1.82) is 0 Å². The number of ether oxygens (including phenoxy) is 1. The molecule has 1 N–H and O–H groups in total. The highest BCUT2D eigenvalue weighted by atomic mass is 35.5. The Labute approximate surface area is 201 Å². The zero-order chi connectivity index (χ0) is 23.8. The zero-order valence-electron chi connectivity index (χ0n) is 19.3. The third-order valence-electron chi connectivity index (χ3n) is 5.15. The average Bonchev–Trinajstić information content (AvgIpc) is 2.75. The molecule has 7 heteroatoms. The monoisotopic (exact) mass is 478 g/mol. The van der Waals surface area contributed by atoms with Crippen LogP contribution < -0.4 is 10.1 Å². The van der Waals surface area contributed by atoms with Gasteiger partial charge in [0.25, 0.3) is 5.91 Å². The summed E-state index contributed by atoms with van der Waals surface area (Å²) in [7, 11) is 0. The molecule has 2 rings (SSSR count). The van der Waals surface area contributed by atoms with E-state index in [0.29, 0.717) is 39.7 Å². The van der Waals surface area contributed by atoms with E-state index in [4.69, 9.17) is 27.9 Å². The molecule has 0 aromatic heterocycles. The summed E-state index contributed by atoms with van der Waals surface area (Å²) in [5.74, 6) is 0.727. The molecule has 0 saturated carbocycles. The van der Waals surface area contributed by atoms with Crippen LogP contribution in [-0.4, -0.2) is 35.9 Å². The van der Waals surface area contributed by atoms with Crippen molar-refractivity contribution in [3.63, 3.8) is 0 Å². The van der Waals surface area contributed by atoms with Gasteiger partial charge in [0.1, 0.15) is 11.8 Å². The Morgan fingerprint density at radius 1 is 0.969 bits per heavy atom. The second-order valence-electron chi connectivity index (χ2n) is 8.55. The number of nitrogens with one attached hydrogen (secondary N) is 1. The first-order valence-corrected chi connectivity index (χ1v) is 11.6. The zero-order valence-corrected chi connectivity index (χ0v) is 20.8. The number of amides is 2. The van der Waals surface area contributed by atoms with E-state index >= 15 is 0 Å². The van der Waals surface area contributed by atoms with Crippen LogP contribution in [0, 0.1) is 5.92 Å². The van der Waals surface area contributed by atoms with Crippen LogP contribution in [0.1, 0.15) is 51.7 Å². The summed E-state index contributed by atoms with van der Waals surface area (Å²) in [4.78, 5) is 27.3. The van der Waals surface area contributed by atoms with Crippen molar-refractivity contribution in [2.45, 2.75) is 53.1 Å². The summed E-state index contributed by atoms with van der Waals surface area (Å²) in [6.07, 6.45) is 0. The molecule has 32 heavy (non-hydrogen) atoms. The Balaban J connectivity index is 2.18. The van der Waals surface area contributed by atoms with Crippen LogP contribution >= 0.6 is 23.2 Å². The van der Waals surface area contributed by atoms with Gasteiger partial charge >= 0.3 is 0 Å². The van der Waals surface area contributed by atoms with E-state index in [1.165, 1.54) is 10.5 Å². The molecule has 0 heterocycles. The van der Waals surface area contributed by atoms with Gasteiger partial charge in [-0.15, -0.1) is 0 Å². The van der Waals surface area contributed by atoms with E-state index in [2.05, 4.69) is 19.2 Å². The summed E-state index contributed by atoms with van der Waals surface area (Å²) in [5, 5.41) is 3.76. The first kappa shape index (κ1) is 26.0. The van der Waals surface area contributed by atoms with E-state index in [1.54, 1.807) is 25.1 Å². The minimum absolute atomic E-state index is 0.100. The van der Waals surface area contributed by atoms with Crippen molar-refractivity contribution in [3.05, 3.63) is 63.6 Å². The maximum atomic E-state index is 13.1. The molecule has 0 aliphatic heterocycles. The summed E-state index contributed by atoms with van der Waals surface area (Å²) < 4.78 is 5.72. The lowest BCUT2D eigenvalue weighted by atomic mass is 10.0. The highest BCUT2D eigenvalue weighted by molar-refractivity contribution is 6.36. The van der Waals surface area contributed by atoms with Crippen molar-refractivity contribution < 1.29 is 14.3 Å². The Morgan fingerprint density at radius 3 is 2.09 bits per heavy atom. The van der Waals surface area contributed by atoms with Gasteiger partial charge in [-0.25, -0.2) is 0 Å². The molecule has 0 radical (unpaired) electrons. The predicted molar refractivity (Wildman–Crippen MR) is 130 cm³/mol. The molecule has 0 spiro atoms. The number of benzene rings is 2. The van der Waals surface area contributed by atoms with Crippen molar-refractivity contribution in [3.8, 4) is 5.75 Å². The number of hydrogen-bond acceptors (Lipinski definition) is 3. The number of nitrogens with zero attached hydrogens (tertiary/aromatic N) is 1. The molecule has 174 valence electrons. The van der Waals surface area contributed by atoms with Gasteiger partial charge in [-0.3, -0.25) is 9.59 Å². The van der Waals surface area contributed by atoms with Gasteiger partial charge < -0.3 is 15.0 Å². The standard InChI is InChI=1S/C25H32Cl2N2O3/c1-16(2)13-28-25(31)18(5)29(14-21-22(26)7-6-8-23(21)27)24(30)15-32-20-11-9-19(10-12-20)17(3)4/h6-12,16-18H,13-15H2,1-5H3,(H,28,31)/t18-/m0/s1. The fourth-order valence-corrected chi connectivity index (χ4v) is 3.58. The van der Waals surface area contributed by atoms with Crippen LogP contribution in [0.3, 0.4) is 0 Å². The van der Waals surface area contributed by atoms with Crippen molar-refractivity contribution in [1.82, 2.24) is 10.2 Å². The van der Waals surface area contributed by atoms with Crippen LogP contribution in [0.15, 0.2) is 42.5 Å². The largest absolute Gasteiger partial charge is 0.484 e. The average molecular weight is 479 g/mol. The molecule has 5 nitrogen and oxygen atoms in total. The topological polar surface area (TPSA) is 58.6 Å². The molecule has 2 amide bonds. The fourth-order valence-electron chi connectivity index (χ4n) is 3.07. The molecule has 2 aromatic carbocycles. The second-order valence-corrected chi connectivity index (χ2v) is 9.36. The smallest absolute Gasteiger partial charge is 0.261 e. The first-order valence-electron chi connectivity index (χ1n) is 10.8. The normalized spacial score (nSPS) is 12.0. The third kappa shape index (κ3) is 7.42. The van der Waals surface area contributed by atoms with Gasteiger partial charge in [-0.2, -0.15) is 0 Å². The lowest BCUT2D eigenvalue weighted by Gasteiger charge is -2.29. The maximum Gasteiger partial charge on any atom is 0.261 e. The minimum Gasteiger partial charge on any atom is -0.484 e. The van der Waals surface area contributed by atoms with Gasteiger partial charge in [0.2, 0.25) is 5.91 Å². The summed E-state index contributed by atoms with van der Waals surface area (Å²) in [6.45, 7) is 10.4. The van der Waals surface area contributed by atoms with Crippen LogP contribution in [0.4, 0.5) is 0 Å². The quantitative estimate of drug-likeness (QED) is 0.477. The molecule has 1 atom stereocenters. The maximum absolute atomic E-state index is 13.1. The summed E-state index contributed by atoms with van der Waals surface area (Å²) in [6, 6.07) is 12.1. The van der Waals surface area contributed by atoms with E-state index in [1.807, 2.05) is 38.1 Å². The van der Waals surface area contributed by atoms with Crippen molar-refractivity contribution >= 4 is 35.0 Å². The van der Waals surface area contributed by atoms with Gasteiger partial charge in [-0.1, -0.05) is 69.1 Å².